The predicted octanol–water partition coefficient (Wildman–Crippen LogP) is 11.1. The number of rotatable bonds is 12. The number of furan rings is 2. The van der Waals surface area contributed by atoms with Crippen molar-refractivity contribution >= 4 is 56.8 Å². The first-order chi connectivity index (χ1) is 23.8. The first-order valence-electron chi connectivity index (χ1n) is 15.5. The van der Waals surface area contributed by atoms with Gasteiger partial charge in [0.25, 0.3) is 0 Å². The van der Waals surface area contributed by atoms with Crippen LogP contribution in [0.2, 0.25) is 0 Å². The number of nitrogens with two attached hydrogens (primary N) is 1. The van der Waals surface area contributed by atoms with Gasteiger partial charge < -0.3 is 29.9 Å². The first kappa shape index (κ1) is 48.2. The van der Waals surface area contributed by atoms with Crippen LogP contribution >= 0.6 is 35.1 Å². The number of benzene rings is 2. The molecular weight excluding hydrogens is 732 g/mol. The summed E-state index contributed by atoms with van der Waals surface area (Å²) in [6, 6.07) is 26.1. The number of halogens is 1. The quantitative estimate of drug-likeness (QED) is 0.0348. The number of nitrogens with one attached hydrogen (secondary N) is 2. The molecule has 4 aromatic heterocycles. The van der Waals surface area contributed by atoms with Crippen LogP contribution < -0.4 is 16.5 Å². The minimum atomic E-state index is -0.0351. The Bertz CT molecular complexity index is 1880. The number of nitrogens with zero attached hydrogens (tertiary/aromatic N) is 3. The Labute approximate surface area is 327 Å². The molecule has 0 bridgehead atoms. The van der Waals surface area contributed by atoms with Gasteiger partial charge in [-0.1, -0.05) is 138 Å². The van der Waals surface area contributed by atoms with E-state index in [0.29, 0.717) is 50.9 Å². The van der Waals surface area contributed by atoms with Gasteiger partial charge in [-0.05, 0) is 36.1 Å². The topological polar surface area (TPSA) is 172 Å². The monoisotopic (exact) mass is 784 g/mol. The highest BCUT2D eigenvalue weighted by Crippen LogP contribution is 2.35. The highest BCUT2D eigenvalue weighted by atomic mass is 35.5. The van der Waals surface area contributed by atoms with Gasteiger partial charge in [0.05, 0.1) is 17.4 Å². The van der Waals surface area contributed by atoms with Crippen LogP contribution in [-0.2, 0) is 0 Å². The zero-order chi connectivity index (χ0) is 35.2. The minimum Gasteiger partial charge on any atom is -0.463 e. The molecule has 6 aromatic rings. The SMILES string of the molecule is C.C.C.CC(C)CNc1nc(-c2ccco2)c(/C(=N/O)c2ccccc2)s1.CC(C)CNc1nc(-c2ccco2)c(C(=O)c2ccccc2)s1.Cl.NO. The molecule has 0 atom stereocenters. The second-order valence-corrected chi connectivity index (χ2v) is 13.4. The zero-order valence-electron chi connectivity index (χ0n) is 28.1. The van der Waals surface area contributed by atoms with Gasteiger partial charge in [-0.3, -0.25) is 4.79 Å². The second-order valence-electron chi connectivity index (χ2n) is 11.4. The lowest BCUT2D eigenvalue weighted by atomic mass is 10.1. The molecular formula is C39H53ClN6O5S2. The van der Waals surface area contributed by atoms with Gasteiger partial charge in [0.15, 0.2) is 21.8 Å². The number of carbonyl (C=O) groups is 1. The highest BCUT2D eigenvalue weighted by molar-refractivity contribution is 7.18. The van der Waals surface area contributed by atoms with Gasteiger partial charge in [-0.2, -0.15) is 0 Å². The summed E-state index contributed by atoms with van der Waals surface area (Å²) in [5, 5.41) is 27.8. The number of hydrogen-bond acceptors (Lipinski definition) is 13. The Kier molecular flexibility index (Phi) is 22.2. The minimum absolute atomic E-state index is 0. The Morgan fingerprint density at radius 3 is 1.51 bits per heavy atom. The van der Waals surface area contributed by atoms with E-state index < -0.39 is 0 Å². The predicted molar refractivity (Wildman–Crippen MR) is 223 cm³/mol. The fourth-order valence-electron chi connectivity index (χ4n) is 4.40. The van der Waals surface area contributed by atoms with Crippen molar-refractivity contribution in [2.75, 3.05) is 23.7 Å². The van der Waals surface area contributed by atoms with Crippen LogP contribution in [0.25, 0.3) is 22.9 Å². The van der Waals surface area contributed by atoms with Crippen LogP contribution in [0.4, 0.5) is 10.3 Å². The van der Waals surface area contributed by atoms with Crippen molar-refractivity contribution in [3.05, 3.63) is 118 Å². The number of aromatic nitrogens is 2. The molecule has 0 amide bonds. The van der Waals surface area contributed by atoms with Crippen molar-refractivity contribution < 1.29 is 24.0 Å². The standard InChI is InChI=1S/C18H19N3O2S.C18H18N2O2S.3CH4.ClH.H3NO/c1-12(2)11-19-18-20-16(14-9-6-10-23-14)17(24-18)15(21-22)13-7-4-3-5-8-13;1-12(2)11-19-18-20-15(14-9-6-10-22-14)17(23-18)16(21)13-7-4-3-5-8-13;;;;;1-2/h3-10,12,22H,11H2,1-2H3,(H,19,20);3-10,12H,11H2,1-2H3,(H,19,20);3*1H4;1H;2H,1H2/b21-15+;;;;;;. The normalized spacial score (nSPS) is 10.2. The Hall–Kier alpha value is -4.79. The van der Waals surface area contributed by atoms with Crippen molar-refractivity contribution in [3.8, 4) is 22.9 Å². The third-order valence-corrected chi connectivity index (χ3v) is 8.72. The molecule has 6 rings (SSSR count). The van der Waals surface area contributed by atoms with Crippen LogP contribution in [0.5, 0.6) is 0 Å². The van der Waals surface area contributed by atoms with E-state index in [0.717, 1.165) is 33.8 Å². The van der Waals surface area contributed by atoms with Crippen molar-refractivity contribution in [1.29, 1.82) is 0 Å². The van der Waals surface area contributed by atoms with Gasteiger partial charge in [-0.15, -0.1) is 12.4 Å². The third kappa shape index (κ3) is 13.3. The lowest BCUT2D eigenvalue weighted by molar-refractivity contribution is 0.104. The van der Waals surface area contributed by atoms with Crippen molar-refractivity contribution in [1.82, 2.24) is 9.97 Å². The van der Waals surface area contributed by atoms with Gasteiger partial charge in [0, 0.05) is 24.2 Å². The number of carbonyl (C=O) groups excluding carboxylic acids is 1. The second kappa shape index (κ2) is 24.5. The maximum atomic E-state index is 12.8. The average molecular weight is 785 g/mol. The summed E-state index contributed by atoms with van der Waals surface area (Å²) in [6.07, 6.45) is 3.20. The van der Waals surface area contributed by atoms with Gasteiger partial charge in [0.2, 0.25) is 5.78 Å². The smallest absolute Gasteiger partial charge is 0.205 e. The van der Waals surface area contributed by atoms with E-state index in [1.54, 1.807) is 18.6 Å². The summed E-state index contributed by atoms with van der Waals surface area (Å²) in [5.41, 5.74) is 3.23. The van der Waals surface area contributed by atoms with E-state index in [9.17, 15) is 10.0 Å². The molecule has 0 saturated heterocycles. The third-order valence-electron chi connectivity index (χ3n) is 6.69. The van der Waals surface area contributed by atoms with Crippen LogP contribution in [0.3, 0.4) is 0 Å². The Morgan fingerprint density at radius 1 is 0.698 bits per heavy atom. The first-order valence-corrected chi connectivity index (χ1v) is 17.2. The Morgan fingerprint density at radius 2 is 1.11 bits per heavy atom. The summed E-state index contributed by atoms with van der Waals surface area (Å²) in [7, 11) is 0. The maximum absolute atomic E-state index is 12.8. The summed E-state index contributed by atoms with van der Waals surface area (Å²) in [4.78, 5) is 23.4. The number of oxime groups is 1. The average Bonchev–Trinajstić information content (AvgIpc) is 3.96. The molecule has 0 unspecified atom stereocenters. The number of anilines is 2. The molecule has 6 N–H and O–H groups in total. The number of thiazole rings is 2. The molecule has 0 radical (unpaired) electrons. The van der Waals surface area contributed by atoms with Crippen molar-refractivity contribution in [2.45, 2.75) is 50.0 Å². The maximum Gasteiger partial charge on any atom is 0.205 e. The summed E-state index contributed by atoms with van der Waals surface area (Å²) in [5.74, 6) is 5.73. The Balaban J connectivity index is 0.000000910. The van der Waals surface area contributed by atoms with Gasteiger partial charge >= 0.3 is 0 Å². The fourth-order valence-corrected chi connectivity index (χ4v) is 6.32. The van der Waals surface area contributed by atoms with E-state index in [4.69, 9.17) is 14.0 Å². The molecule has 14 heteroatoms. The van der Waals surface area contributed by atoms with E-state index >= 15 is 0 Å². The van der Waals surface area contributed by atoms with Crippen LogP contribution in [0.1, 0.15) is 75.7 Å². The van der Waals surface area contributed by atoms with E-state index in [1.807, 2.05) is 78.9 Å². The fraction of sp³-hybridized carbons (Fsp3) is 0.282. The largest absolute Gasteiger partial charge is 0.463 e. The molecule has 0 saturated carbocycles. The molecule has 0 aliphatic heterocycles. The van der Waals surface area contributed by atoms with Crippen LogP contribution in [0.15, 0.2) is 111 Å². The molecule has 0 aliphatic carbocycles. The molecule has 2 aromatic carbocycles. The summed E-state index contributed by atoms with van der Waals surface area (Å²) < 4.78 is 11.0. The number of ketones is 1. The van der Waals surface area contributed by atoms with Crippen LogP contribution in [0, 0.1) is 11.8 Å². The molecule has 0 spiro atoms. The summed E-state index contributed by atoms with van der Waals surface area (Å²) in [6.45, 7) is 10.2. The van der Waals surface area contributed by atoms with Crippen molar-refractivity contribution in [3.63, 3.8) is 0 Å². The highest BCUT2D eigenvalue weighted by Gasteiger charge is 2.23. The summed E-state index contributed by atoms with van der Waals surface area (Å²) >= 11 is 2.83. The molecule has 53 heavy (non-hydrogen) atoms. The van der Waals surface area contributed by atoms with Crippen LogP contribution in [-0.4, -0.2) is 45.0 Å². The zero-order valence-corrected chi connectivity index (χ0v) is 30.5. The lowest BCUT2D eigenvalue weighted by Gasteiger charge is -2.04. The lowest BCUT2D eigenvalue weighted by Crippen LogP contribution is -2.07. The van der Waals surface area contributed by atoms with E-state index in [1.165, 1.54) is 22.7 Å². The molecule has 4 heterocycles. The number of hydrogen-bond donors (Lipinski definition) is 5. The molecule has 0 aliphatic rings. The van der Waals surface area contributed by atoms with E-state index in [-0.39, 0.29) is 40.5 Å². The molecule has 288 valence electrons. The van der Waals surface area contributed by atoms with Gasteiger partial charge in [-0.25, -0.2) is 15.9 Å². The van der Waals surface area contributed by atoms with Gasteiger partial charge in [0.1, 0.15) is 22.0 Å². The molecule has 11 nitrogen and oxygen atoms in total. The molecule has 0 fully saturated rings. The van der Waals surface area contributed by atoms with Crippen molar-refractivity contribution in [2.24, 2.45) is 22.9 Å². The van der Waals surface area contributed by atoms with E-state index in [2.05, 4.69) is 59.3 Å².